The molecule has 0 aliphatic rings. The molecule has 5 heteroatoms. The van der Waals surface area contributed by atoms with Gasteiger partial charge in [-0.15, -0.1) is 0 Å². The van der Waals surface area contributed by atoms with Crippen molar-refractivity contribution in [3.05, 3.63) is 77.5 Å². The Bertz CT molecular complexity index is 892. The monoisotopic (exact) mass is 320 g/mol. The smallest absolute Gasteiger partial charge is 0.276 e. The van der Waals surface area contributed by atoms with Crippen molar-refractivity contribution in [2.24, 2.45) is 0 Å². The van der Waals surface area contributed by atoms with Crippen LogP contribution in [0.25, 0.3) is 10.9 Å². The molecule has 0 aliphatic heterocycles. The van der Waals surface area contributed by atoms with E-state index in [9.17, 15) is 9.59 Å². The molecule has 2 N–H and O–H groups in total. The molecule has 1 amide bonds. The predicted octanol–water partition coefficient (Wildman–Crippen LogP) is 2.71. The summed E-state index contributed by atoms with van der Waals surface area (Å²) in [5.41, 5.74) is 4.43. The van der Waals surface area contributed by atoms with Crippen molar-refractivity contribution in [1.82, 2.24) is 10.5 Å². The van der Waals surface area contributed by atoms with Gasteiger partial charge in [0.15, 0.2) is 0 Å². The summed E-state index contributed by atoms with van der Waals surface area (Å²) in [6.45, 7) is 0. The minimum absolute atomic E-state index is 0.123. The molecule has 2 aromatic carbocycles. The second-order valence-corrected chi connectivity index (χ2v) is 5.57. The fourth-order valence-electron chi connectivity index (χ4n) is 2.59. The molecule has 3 rings (SSSR count). The Hall–Kier alpha value is -3.05. The normalized spacial score (nSPS) is 10.5. The van der Waals surface area contributed by atoms with E-state index in [-0.39, 0.29) is 11.3 Å². The maximum atomic E-state index is 12.2. The van der Waals surface area contributed by atoms with Crippen LogP contribution in [-0.4, -0.2) is 21.9 Å². The zero-order valence-corrected chi connectivity index (χ0v) is 12.9. The second kappa shape index (κ2) is 7.02. The Morgan fingerprint density at radius 2 is 1.71 bits per heavy atom. The van der Waals surface area contributed by atoms with Gasteiger partial charge in [0.2, 0.25) is 0 Å². The van der Waals surface area contributed by atoms with Crippen LogP contribution in [0.3, 0.4) is 0 Å². The van der Waals surface area contributed by atoms with E-state index in [0.29, 0.717) is 12.8 Å². The van der Waals surface area contributed by atoms with Crippen molar-refractivity contribution in [2.45, 2.75) is 12.8 Å². The molecule has 0 radical (unpaired) electrons. The van der Waals surface area contributed by atoms with Crippen LogP contribution in [0.2, 0.25) is 0 Å². The lowest BCUT2D eigenvalue weighted by molar-refractivity contribution is -0.117. The first-order chi connectivity index (χ1) is 11.7. The van der Waals surface area contributed by atoms with E-state index in [2.05, 4.69) is 4.98 Å². The Morgan fingerprint density at radius 1 is 0.958 bits per heavy atom. The van der Waals surface area contributed by atoms with Crippen LogP contribution in [0.5, 0.6) is 0 Å². The van der Waals surface area contributed by atoms with Crippen LogP contribution in [-0.2, 0) is 17.6 Å². The van der Waals surface area contributed by atoms with E-state index >= 15 is 0 Å². The van der Waals surface area contributed by atoms with Gasteiger partial charge in [0.05, 0.1) is 11.1 Å². The van der Waals surface area contributed by atoms with Crippen LogP contribution in [0.4, 0.5) is 0 Å². The summed E-state index contributed by atoms with van der Waals surface area (Å²) in [5.74, 6) is -0.493. The molecular formula is C19H16N2O3. The summed E-state index contributed by atoms with van der Waals surface area (Å²) in [5, 5.41) is 9.45. The number of ketones is 1. The number of hydrogen-bond donors (Lipinski definition) is 2. The molecule has 0 bridgehead atoms. The van der Waals surface area contributed by atoms with E-state index in [1.165, 1.54) is 6.20 Å². The fraction of sp³-hybridized carbons (Fsp3) is 0.105. The van der Waals surface area contributed by atoms with Gasteiger partial charge in [0.25, 0.3) is 5.91 Å². The average Bonchev–Trinajstić information content (AvgIpc) is 2.61. The van der Waals surface area contributed by atoms with E-state index in [0.717, 1.165) is 22.0 Å². The molecule has 0 saturated heterocycles. The summed E-state index contributed by atoms with van der Waals surface area (Å²) in [6, 6.07) is 16.8. The van der Waals surface area contributed by atoms with Crippen LogP contribution in [0.15, 0.2) is 60.8 Å². The maximum Gasteiger partial charge on any atom is 0.276 e. The highest BCUT2D eigenvalue weighted by atomic mass is 16.5. The number of hydrogen-bond acceptors (Lipinski definition) is 4. The zero-order chi connectivity index (χ0) is 16.9. The van der Waals surface area contributed by atoms with Crippen molar-refractivity contribution in [1.29, 1.82) is 0 Å². The van der Waals surface area contributed by atoms with Crippen molar-refractivity contribution < 1.29 is 14.8 Å². The molecular weight excluding hydrogens is 304 g/mol. The number of carbonyl (C=O) groups is 2. The lowest BCUT2D eigenvalue weighted by Gasteiger charge is -2.05. The topological polar surface area (TPSA) is 79.3 Å². The third-order valence-electron chi connectivity index (χ3n) is 3.75. The molecule has 0 aliphatic carbocycles. The standard InChI is InChI=1S/C19H16N2O3/c22-17(9-13-4-2-1-3-5-13)10-14-6-7-18-15(8-14)11-16(12-20-18)19(23)21-24/h1-8,11-12,24H,9-10H2,(H,21,23). The number of aromatic nitrogens is 1. The Kier molecular flexibility index (Phi) is 4.63. The van der Waals surface area contributed by atoms with Gasteiger partial charge in [0.1, 0.15) is 5.78 Å². The molecule has 0 saturated carbocycles. The lowest BCUT2D eigenvalue weighted by Crippen LogP contribution is -2.18. The van der Waals surface area contributed by atoms with Gasteiger partial charge in [0, 0.05) is 24.4 Å². The second-order valence-electron chi connectivity index (χ2n) is 5.57. The Morgan fingerprint density at radius 3 is 2.46 bits per heavy atom. The number of hydroxylamine groups is 1. The van der Waals surface area contributed by atoms with Gasteiger partial charge in [-0.25, -0.2) is 5.48 Å². The van der Waals surface area contributed by atoms with Gasteiger partial charge >= 0.3 is 0 Å². The minimum Gasteiger partial charge on any atom is -0.299 e. The van der Waals surface area contributed by atoms with Crippen LogP contribution < -0.4 is 5.48 Å². The van der Waals surface area contributed by atoms with E-state index in [1.54, 1.807) is 11.5 Å². The number of amides is 1. The van der Waals surface area contributed by atoms with Gasteiger partial charge in [-0.05, 0) is 29.3 Å². The summed E-state index contributed by atoms with van der Waals surface area (Å²) < 4.78 is 0. The third kappa shape index (κ3) is 3.64. The summed E-state index contributed by atoms with van der Waals surface area (Å²) in [6.07, 6.45) is 2.11. The molecule has 0 unspecified atom stereocenters. The van der Waals surface area contributed by atoms with Crippen molar-refractivity contribution in [3.8, 4) is 0 Å². The van der Waals surface area contributed by atoms with Crippen molar-refractivity contribution in [2.75, 3.05) is 0 Å². The van der Waals surface area contributed by atoms with Gasteiger partial charge in [-0.2, -0.15) is 0 Å². The first kappa shape index (κ1) is 15.8. The highest BCUT2D eigenvalue weighted by Crippen LogP contribution is 2.17. The number of Topliss-reactive ketones (excluding diaryl/α,β-unsaturated/α-hetero) is 1. The third-order valence-corrected chi connectivity index (χ3v) is 3.75. The SMILES string of the molecule is O=C(Cc1ccccc1)Cc1ccc2ncc(C(=O)NO)cc2c1. The quantitative estimate of drug-likeness (QED) is 0.559. The van der Waals surface area contributed by atoms with E-state index in [1.807, 2.05) is 48.5 Å². The van der Waals surface area contributed by atoms with Gasteiger partial charge < -0.3 is 0 Å². The van der Waals surface area contributed by atoms with Crippen LogP contribution in [0.1, 0.15) is 21.5 Å². The minimum atomic E-state index is -0.616. The Labute approximate surface area is 138 Å². The highest BCUT2D eigenvalue weighted by Gasteiger charge is 2.09. The summed E-state index contributed by atoms with van der Waals surface area (Å²) >= 11 is 0. The van der Waals surface area contributed by atoms with Crippen molar-refractivity contribution >= 4 is 22.6 Å². The molecule has 0 spiro atoms. The Balaban J connectivity index is 1.79. The number of carbonyl (C=O) groups excluding carboxylic acids is 2. The fourth-order valence-corrected chi connectivity index (χ4v) is 2.59. The van der Waals surface area contributed by atoms with Gasteiger partial charge in [-0.3, -0.25) is 19.8 Å². The predicted molar refractivity (Wildman–Crippen MR) is 89.9 cm³/mol. The average molecular weight is 320 g/mol. The van der Waals surface area contributed by atoms with E-state index in [4.69, 9.17) is 5.21 Å². The summed E-state index contributed by atoms with van der Waals surface area (Å²) in [7, 11) is 0. The van der Waals surface area contributed by atoms with Crippen LogP contribution in [0, 0.1) is 0 Å². The molecule has 0 fully saturated rings. The summed E-state index contributed by atoms with van der Waals surface area (Å²) in [4.78, 5) is 27.9. The first-order valence-corrected chi connectivity index (χ1v) is 7.54. The number of pyridine rings is 1. The molecule has 1 heterocycles. The van der Waals surface area contributed by atoms with Crippen molar-refractivity contribution in [3.63, 3.8) is 0 Å². The lowest BCUT2D eigenvalue weighted by atomic mass is 10.0. The van der Waals surface area contributed by atoms with Gasteiger partial charge in [-0.1, -0.05) is 36.4 Å². The molecule has 5 nitrogen and oxygen atoms in total. The number of fused-ring (bicyclic) bond motifs is 1. The van der Waals surface area contributed by atoms with Crippen LogP contribution >= 0.6 is 0 Å². The molecule has 0 atom stereocenters. The molecule has 24 heavy (non-hydrogen) atoms. The highest BCUT2D eigenvalue weighted by molar-refractivity contribution is 5.96. The number of nitrogens with one attached hydrogen (secondary N) is 1. The molecule has 3 aromatic rings. The maximum absolute atomic E-state index is 12.2. The molecule has 120 valence electrons. The number of nitrogens with zero attached hydrogens (tertiary/aromatic N) is 1. The largest absolute Gasteiger partial charge is 0.299 e. The van der Waals surface area contributed by atoms with E-state index < -0.39 is 5.91 Å². The molecule has 1 aromatic heterocycles. The number of benzene rings is 2. The zero-order valence-electron chi connectivity index (χ0n) is 12.9. The first-order valence-electron chi connectivity index (χ1n) is 7.54. The number of rotatable bonds is 5.